The molecule has 0 aliphatic rings. The van der Waals surface area contributed by atoms with Crippen LogP contribution in [0.4, 0.5) is 4.39 Å². The van der Waals surface area contributed by atoms with E-state index in [0.29, 0.717) is 10.0 Å². The van der Waals surface area contributed by atoms with Crippen molar-refractivity contribution in [1.29, 1.82) is 0 Å². The molecule has 0 saturated heterocycles. The van der Waals surface area contributed by atoms with Gasteiger partial charge in [-0.2, -0.15) is 0 Å². The van der Waals surface area contributed by atoms with Crippen LogP contribution in [0.2, 0.25) is 0 Å². The Bertz CT molecular complexity index is 763. The van der Waals surface area contributed by atoms with Crippen molar-refractivity contribution in [3.8, 4) is 11.4 Å². The van der Waals surface area contributed by atoms with Gasteiger partial charge in [0, 0.05) is 17.1 Å². The van der Waals surface area contributed by atoms with Gasteiger partial charge in [0.1, 0.15) is 5.82 Å². The van der Waals surface area contributed by atoms with Gasteiger partial charge < -0.3 is 4.74 Å². The molecule has 0 aliphatic heterocycles. The molecule has 1 aromatic heterocycles. The average Bonchev–Trinajstić information content (AvgIpc) is 2.82. The van der Waals surface area contributed by atoms with Crippen molar-refractivity contribution in [3.05, 3.63) is 28.5 Å². The van der Waals surface area contributed by atoms with Gasteiger partial charge in [-0.1, -0.05) is 15.9 Å². The van der Waals surface area contributed by atoms with Crippen LogP contribution in [0.5, 0.6) is 0 Å². The maximum atomic E-state index is 13.4. The quantitative estimate of drug-likeness (QED) is 0.840. The summed E-state index contributed by atoms with van der Waals surface area (Å²) in [6.45, 7) is 0.383. The summed E-state index contributed by atoms with van der Waals surface area (Å²) < 4.78 is 43.3. The van der Waals surface area contributed by atoms with E-state index in [-0.39, 0.29) is 19.0 Å². The fraction of sp³-hybridized carbons (Fsp3) is 0.273. The lowest BCUT2D eigenvalue weighted by molar-refractivity contribution is 0.185. The Kier molecular flexibility index (Phi) is 4.71. The third-order valence-electron chi connectivity index (χ3n) is 2.66. The molecule has 7 nitrogen and oxygen atoms in total. The molecule has 0 bridgehead atoms. The van der Waals surface area contributed by atoms with Gasteiger partial charge in [0.25, 0.3) is 15.2 Å². The van der Waals surface area contributed by atoms with E-state index in [4.69, 9.17) is 9.88 Å². The van der Waals surface area contributed by atoms with Gasteiger partial charge >= 0.3 is 0 Å². The molecule has 0 radical (unpaired) electrons. The molecule has 2 aromatic rings. The number of halogens is 2. The predicted octanol–water partition coefficient (Wildman–Crippen LogP) is 1.14. The molecule has 0 saturated carbocycles. The molecule has 0 unspecified atom stereocenters. The molecule has 1 aromatic carbocycles. The van der Waals surface area contributed by atoms with E-state index in [1.54, 1.807) is 0 Å². The Labute approximate surface area is 129 Å². The topological polar surface area (TPSA) is 100 Å². The third-order valence-corrected chi connectivity index (χ3v) is 4.16. The van der Waals surface area contributed by atoms with Gasteiger partial charge in [-0.25, -0.2) is 17.9 Å². The van der Waals surface area contributed by atoms with E-state index < -0.39 is 21.0 Å². The van der Waals surface area contributed by atoms with E-state index in [0.717, 1.165) is 0 Å². The molecular formula is C11H12BrFN4O3S. The van der Waals surface area contributed by atoms with Crippen LogP contribution in [-0.4, -0.2) is 36.9 Å². The normalized spacial score (nSPS) is 11.8. The van der Waals surface area contributed by atoms with E-state index in [1.807, 2.05) is 0 Å². The summed E-state index contributed by atoms with van der Waals surface area (Å²) in [6, 6.07) is 3.99. The highest BCUT2D eigenvalue weighted by Crippen LogP contribution is 2.28. The van der Waals surface area contributed by atoms with Crippen LogP contribution < -0.4 is 5.14 Å². The van der Waals surface area contributed by atoms with Crippen molar-refractivity contribution in [3.63, 3.8) is 0 Å². The number of primary sulfonamides is 1. The predicted molar refractivity (Wildman–Crippen MR) is 76.4 cm³/mol. The van der Waals surface area contributed by atoms with Gasteiger partial charge in [0.2, 0.25) is 0 Å². The first-order valence-corrected chi connectivity index (χ1v) is 8.09. The summed E-state index contributed by atoms with van der Waals surface area (Å²) in [7, 11) is -2.58. The highest BCUT2D eigenvalue weighted by molar-refractivity contribution is 9.10. The summed E-state index contributed by atoms with van der Waals surface area (Å²) in [5.74, 6) is -0.297. The maximum absolute atomic E-state index is 13.4. The summed E-state index contributed by atoms with van der Waals surface area (Å²) in [5, 5.41) is 12.1. The van der Waals surface area contributed by atoms with E-state index in [1.165, 1.54) is 29.9 Å². The molecule has 0 amide bonds. The zero-order chi connectivity index (χ0) is 15.6. The van der Waals surface area contributed by atoms with Crippen LogP contribution in [-0.2, 0) is 21.3 Å². The second kappa shape index (κ2) is 6.18. The molecule has 1 heterocycles. The summed E-state index contributed by atoms with van der Waals surface area (Å²) >= 11 is 3.27. The minimum absolute atomic E-state index is 0.160. The van der Waals surface area contributed by atoms with Crippen LogP contribution in [0.1, 0.15) is 0 Å². The standard InChI is InChI=1S/C11H12BrFN4O3S/c1-20-5-4-17-10(15-16-11(17)21(14,18)19)8-6-7(13)2-3-9(8)12/h2-3,6H,4-5H2,1H3,(H2,14,18,19). The zero-order valence-electron chi connectivity index (χ0n) is 11.0. The van der Waals surface area contributed by atoms with Crippen molar-refractivity contribution >= 4 is 26.0 Å². The molecular weight excluding hydrogens is 367 g/mol. The monoisotopic (exact) mass is 378 g/mol. The number of nitrogens with zero attached hydrogens (tertiary/aromatic N) is 3. The van der Waals surface area contributed by atoms with Gasteiger partial charge in [-0.05, 0) is 18.2 Å². The van der Waals surface area contributed by atoms with Crippen molar-refractivity contribution in [2.24, 2.45) is 5.14 Å². The number of aromatic nitrogens is 3. The SMILES string of the molecule is COCCn1c(-c2cc(F)ccc2Br)nnc1S(N)(=O)=O. The second-order valence-corrected chi connectivity index (χ2v) is 6.43. The number of ether oxygens (including phenoxy) is 1. The third kappa shape index (κ3) is 3.46. The van der Waals surface area contributed by atoms with Crippen LogP contribution >= 0.6 is 15.9 Å². The van der Waals surface area contributed by atoms with E-state index in [9.17, 15) is 12.8 Å². The lowest BCUT2D eigenvalue weighted by Gasteiger charge is -2.10. The second-order valence-electron chi connectivity index (χ2n) is 4.12. The van der Waals surface area contributed by atoms with Crippen molar-refractivity contribution < 1.29 is 17.5 Å². The smallest absolute Gasteiger partial charge is 0.273 e. The van der Waals surface area contributed by atoms with Gasteiger partial charge in [-0.3, -0.25) is 4.57 Å². The van der Waals surface area contributed by atoms with Crippen LogP contribution in [0.25, 0.3) is 11.4 Å². The molecule has 0 fully saturated rings. The van der Waals surface area contributed by atoms with Crippen LogP contribution in [0.3, 0.4) is 0 Å². The molecule has 2 rings (SSSR count). The van der Waals surface area contributed by atoms with Crippen LogP contribution in [0.15, 0.2) is 27.8 Å². The zero-order valence-corrected chi connectivity index (χ0v) is 13.4. The van der Waals surface area contributed by atoms with Crippen molar-refractivity contribution in [1.82, 2.24) is 14.8 Å². The van der Waals surface area contributed by atoms with Gasteiger partial charge in [0.15, 0.2) is 5.82 Å². The molecule has 114 valence electrons. The maximum Gasteiger partial charge on any atom is 0.273 e. The minimum atomic E-state index is -4.05. The van der Waals surface area contributed by atoms with Crippen LogP contribution in [0, 0.1) is 5.82 Å². The van der Waals surface area contributed by atoms with Crippen molar-refractivity contribution in [2.45, 2.75) is 11.7 Å². The Morgan fingerprint density at radius 1 is 1.43 bits per heavy atom. The number of nitrogens with two attached hydrogens (primary N) is 1. The first-order valence-electron chi connectivity index (χ1n) is 5.75. The number of rotatable bonds is 5. The summed E-state index contributed by atoms with van der Waals surface area (Å²) in [6.07, 6.45) is 0. The van der Waals surface area contributed by atoms with Crippen molar-refractivity contribution in [2.75, 3.05) is 13.7 Å². The Hall–Kier alpha value is -1.36. The fourth-order valence-electron chi connectivity index (χ4n) is 1.75. The average molecular weight is 379 g/mol. The first-order chi connectivity index (χ1) is 9.84. The van der Waals surface area contributed by atoms with Gasteiger partial charge in [0.05, 0.1) is 13.2 Å². The lowest BCUT2D eigenvalue weighted by Crippen LogP contribution is -2.20. The minimum Gasteiger partial charge on any atom is -0.383 e. The number of hydrogen-bond acceptors (Lipinski definition) is 5. The van der Waals surface area contributed by atoms with E-state index >= 15 is 0 Å². The molecule has 21 heavy (non-hydrogen) atoms. The number of hydrogen-bond donors (Lipinski definition) is 1. The molecule has 2 N–H and O–H groups in total. The molecule has 0 spiro atoms. The molecule has 10 heteroatoms. The Balaban J connectivity index is 2.63. The Morgan fingerprint density at radius 2 is 2.14 bits per heavy atom. The molecule has 0 atom stereocenters. The lowest BCUT2D eigenvalue weighted by atomic mass is 10.2. The summed E-state index contributed by atoms with van der Waals surface area (Å²) in [4.78, 5) is 0. The first kappa shape index (κ1) is 16.0. The Morgan fingerprint density at radius 3 is 2.76 bits per heavy atom. The highest BCUT2D eigenvalue weighted by Gasteiger charge is 2.23. The number of sulfonamides is 1. The summed E-state index contributed by atoms with van der Waals surface area (Å²) in [5.41, 5.74) is 0.369. The molecule has 0 aliphatic carbocycles. The fourth-order valence-corrected chi connectivity index (χ4v) is 2.81. The largest absolute Gasteiger partial charge is 0.383 e. The van der Waals surface area contributed by atoms with Gasteiger partial charge in [-0.15, -0.1) is 10.2 Å². The van der Waals surface area contributed by atoms with E-state index in [2.05, 4.69) is 26.1 Å². The highest BCUT2D eigenvalue weighted by atomic mass is 79.9. The number of methoxy groups -OCH3 is 1. The number of benzene rings is 1.